The summed E-state index contributed by atoms with van der Waals surface area (Å²) in [5.41, 5.74) is 0. The van der Waals surface area contributed by atoms with E-state index in [1.165, 1.54) is 6.92 Å². The van der Waals surface area contributed by atoms with Crippen molar-refractivity contribution in [1.82, 2.24) is 10.6 Å². The minimum atomic E-state index is -2.17. The van der Waals surface area contributed by atoms with E-state index in [0.29, 0.717) is 0 Å². The Hall–Kier alpha value is -1.98. The molecule has 0 saturated carbocycles. The molecule has 4 fully saturated rings. The maximum atomic E-state index is 12.3. The van der Waals surface area contributed by atoms with Crippen LogP contribution in [-0.4, -0.2) is 269 Å². The predicted octanol–water partition coefficient (Wildman–Crippen LogP) is -11.0. The minimum Gasteiger partial charge on any atom is -0.394 e. The fourth-order valence-corrected chi connectivity index (χ4v) is 7.26. The summed E-state index contributed by atoms with van der Waals surface area (Å²) < 4.78 is 45.1. The molecule has 0 bridgehead atoms. The van der Waals surface area contributed by atoms with Crippen molar-refractivity contribution >= 4 is 11.8 Å². The van der Waals surface area contributed by atoms with Crippen LogP contribution in [0.5, 0.6) is 0 Å². The van der Waals surface area contributed by atoms with Gasteiger partial charge in [-0.3, -0.25) is 9.59 Å². The number of carbonyl (C=O) groups is 2. The van der Waals surface area contributed by atoms with E-state index in [2.05, 4.69) is 10.6 Å². The smallest absolute Gasteiger partial charge is 0.217 e. The third kappa shape index (κ3) is 12.0. The monoisotopic (exact) mass is 896 g/mol. The van der Waals surface area contributed by atoms with E-state index in [4.69, 9.17) is 37.9 Å². The molecule has 0 radical (unpaired) electrons. The summed E-state index contributed by atoms with van der Waals surface area (Å²) in [5.74, 6) is -1.54. The molecule has 0 aliphatic carbocycles. The Bertz CT molecular complexity index is 1370. The van der Waals surface area contributed by atoms with Crippen molar-refractivity contribution in [1.29, 1.82) is 0 Å². The summed E-state index contributed by atoms with van der Waals surface area (Å²) in [6.45, 7) is -1.21. The van der Waals surface area contributed by atoms with Gasteiger partial charge < -0.3 is 125 Å². The van der Waals surface area contributed by atoms with Crippen molar-refractivity contribution in [2.45, 2.75) is 168 Å². The van der Waals surface area contributed by atoms with Crippen molar-refractivity contribution in [2.75, 3.05) is 33.0 Å². The lowest BCUT2D eigenvalue weighted by molar-refractivity contribution is -0.383. The number of ether oxygens (including phenoxy) is 8. The molecule has 17 N–H and O–H groups in total. The van der Waals surface area contributed by atoms with Crippen LogP contribution in [0.2, 0.25) is 0 Å². The average Bonchev–Trinajstić information content (AvgIpc) is 3.22. The van der Waals surface area contributed by atoms with Crippen molar-refractivity contribution in [3.63, 3.8) is 0 Å². The van der Waals surface area contributed by atoms with Gasteiger partial charge in [0, 0.05) is 13.8 Å². The molecular formula is C34H60N2O25. The zero-order valence-electron chi connectivity index (χ0n) is 33.2. The molecule has 24 atom stereocenters. The van der Waals surface area contributed by atoms with E-state index < -0.39 is 192 Å². The Labute approximate surface area is 347 Å². The number of hydrogen-bond acceptors (Lipinski definition) is 25. The molecule has 4 rings (SSSR count). The van der Waals surface area contributed by atoms with Gasteiger partial charge >= 0.3 is 0 Å². The van der Waals surface area contributed by atoms with E-state index in [1.54, 1.807) is 0 Å². The summed E-state index contributed by atoms with van der Waals surface area (Å²) in [6.07, 6.45) is -39.6. The Balaban J connectivity index is 1.54. The third-order valence-electron chi connectivity index (χ3n) is 10.7. The normalized spacial score (nSPS) is 44.1. The highest BCUT2D eigenvalue weighted by atomic mass is 16.8. The van der Waals surface area contributed by atoms with E-state index >= 15 is 0 Å². The summed E-state index contributed by atoms with van der Waals surface area (Å²) in [7, 11) is 0. The number of rotatable bonds is 18. The summed E-state index contributed by atoms with van der Waals surface area (Å²) >= 11 is 0. The van der Waals surface area contributed by atoms with Crippen molar-refractivity contribution in [3.8, 4) is 0 Å². The summed E-state index contributed by atoms with van der Waals surface area (Å²) in [5, 5.41) is 162. The van der Waals surface area contributed by atoms with Crippen LogP contribution in [0.3, 0.4) is 0 Å². The third-order valence-corrected chi connectivity index (χ3v) is 10.7. The largest absolute Gasteiger partial charge is 0.394 e. The number of aliphatic hydroxyl groups excluding tert-OH is 15. The predicted molar refractivity (Wildman–Crippen MR) is 191 cm³/mol. The molecule has 0 spiro atoms. The van der Waals surface area contributed by atoms with Crippen molar-refractivity contribution < 1.29 is 124 Å². The quantitative estimate of drug-likeness (QED) is 0.0607. The van der Waals surface area contributed by atoms with Crippen molar-refractivity contribution in [3.05, 3.63) is 0 Å². The molecule has 4 saturated heterocycles. The van der Waals surface area contributed by atoms with Crippen LogP contribution in [-0.2, 0) is 47.5 Å². The molecule has 0 aromatic heterocycles. The van der Waals surface area contributed by atoms with Gasteiger partial charge in [0.2, 0.25) is 11.8 Å². The standard InChI is InChI=1S/C34H60N2O25/c1-9-18(44)23(49)26(52)32(55-9)61-30-25(51)21(47)15(6-39)57-34(30)60-29-16(7-40)58-31(17(22(29)48)36-11(3)42)54-8-13(43)19(45)28(12(4-37)35-10(2)41)59-33-27(53)24(50)20(46)14(5-38)56-33/h9,12-34,37-40,43-53H,4-8H2,1-3H3,(H,35,41)(H,36,42). The number of nitrogens with one attached hydrogen (secondary N) is 2. The lowest BCUT2D eigenvalue weighted by Gasteiger charge is -2.49. The van der Waals surface area contributed by atoms with Crippen LogP contribution in [0.4, 0.5) is 0 Å². The van der Waals surface area contributed by atoms with Crippen molar-refractivity contribution in [2.24, 2.45) is 0 Å². The molecule has 0 aromatic carbocycles. The first kappa shape index (κ1) is 51.7. The van der Waals surface area contributed by atoms with Gasteiger partial charge in [0.25, 0.3) is 0 Å². The highest BCUT2D eigenvalue weighted by Gasteiger charge is 2.55. The average molecular weight is 897 g/mol. The van der Waals surface area contributed by atoms with Gasteiger partial charge in [-0.25, -0.2) is 0 Å². The number of hydrogen-bond donors (Lipinski definition) is 17. The van der Waals surface area contributed by atoms with Gasteiger partial charge in [0.05, 0.1) is 45.2 Å². The topological polar surface area (TPSA) is 435 Å². The second-order valence-corrected chi connectivity index (χ2v) is 15.2. The van der Waals surface area contributed by atoms with Crippen LogP contribution >= 0.6 is 0 Å². The molecule has 27 nitrogen and oxygen atoms in total. The second-order valence-electron chi connectivity index (χ2n) is 15.2. The van der Waals surface area contributed by atoms with Gasteiger partial charge in [-0.1, -0.05) is 0 Å². The molecule has 4 aliphatic heterocycles. The van der Waals surface area contributed by atoms with E-state index in [9.17, 15) is 86.2 Å². The molecule has 356 valence electrons. The van der Waals surface area contributed by atoms with Gasteiger partial charge in [-0.2, -0.15) is 0 Å². The minimum absolute atomic E-state index is 0.754. The summed E-state index contributed by atoms with van der Waals surface area (Å²) in [4.78, 5) is 24.3. The molecule has 4 aliphatic rings. The summed E-state index contributed by atoms with van der Waals surface area (Å²) in [6, 6.07) is -3.19. The zero-order valence-corrected chi connectivity index (χ0v) is 33.2. The number of aliphatic hydroxyl groups is 15. The zero-order chi connectivity index (χ0) is 45.6. The van der Waals surface area contributed by atoms with E-state index in [1.807, 2.05) is 0 Å². The molecule has 4 heterocycles. The van der Waals surface area contributed by atoms with Crippen LogP contribution in [0.25, 0.3) is 0 Å². The highest BCUT2D eigenvalue weighted by molar-refractivity contribution is 5.73. The number of carbonyl (C=O) groups excluding carboxylic acids is 2. The van der Waals surface area contributed by atoms with Crippen LogP contribution in [0, 0.1) is 0 Å². The molecule has 27 heteroatoms. The Morgan fingerprint density at radius 1 is 0.590 bits per heavy atom. The van der Waals surface area contributed by atoms with E-state index in [-0.39, 0.29) is 0 Å². The Morgan fingerprint density at radius 3 is 1.67 bits per heavy atom. The lowest BCUT2D eigenvalue weighted by Crippen LogP contribution is -2.68. The highest BCUT2D eigenvalue weighted by Crippen LogP contribution is 2.34. The van der Waals surface area contributed by atoms with Gasteiger partial charge in [0.15, 0.2) is 25.2 Å². The number of amides is 2. The van der Waals surface area contributed by atoms with Gasteiger partial charge in [-0.15, -0.1) is 0 Å². The SMILES string of the molecule is CC(=O)NC(CO)C(OC1OC(CO)C(O)C(O)C1O)C(O)C(O)COC1OC(CO)C(OC2OC(CO)C(O)C(O)C2OC2OC(C)C(O)C(O)C2O)C(O)C1NC(C)=O. The van der Waals surface area contributed by atoms with Gasteiger partial charge in [-0.05, 0) is 6.92 Å². The Morgan fingerprint density at radius 2 is 1.11 bits per heavy atom. The first-order valence-electron chi connectivity index (χ1n) is 19.4. The first-order valence-corrected chi connectivity index (χ1v) is 19.4. The van der Waals surface area contributed by atoms with Crippen LogP contribution in [0.1, 0.15) is 20.8 Å². The maximum Gasteiger partial charge on any atom is 0.217 e. The van der Waals surface area contributed by atoms with Gasteiger partial charge in [0.1, 0.15) is 110 Å². The second kappa shape index (κ2) is 22.8. The fraction of sp³-hybridized carbons (Fsp3) is 0.941. The van der Waals surface area contributed by atoms with Crippen LogP contribution in [0.15, 0.2) is 0 Å². The molecule has 24 unspecified atom stereocenters. The molecule has 61 heavy (non-hydrogen) atoms. The first-order chi connectivity index (χ1) is 28.7. The molecule has 0 aromatic rings. The van der Waals surface area contributed by atoms with E-state index in [0.717, 1.165) is 13.8 Å². The van der Waals surface area contributed by atoms with Crippen LogP contribution < -0.4 is 10.6 Å². The Kier molecular flexibility index (Phi) is 19.3. The molecule has 2 amide bonds. The fourth-order valence-electron chi connectivity index (χ4n) is 7.26. The molecular weight excluding hydrogens is 836 g/mol. The lowest BCUT2D eigenvalue weighted by atomic mass is 9.95. The maximum absolute atomic E-state index is 12.3.